The Morgan fingerprint density at radius 2 is 1.39 bits per heavy atom. The summed E-state index contributed by atoms with van der Waals surface area (Å²) in [5, 5.41) is 0. The molecule has 1 unspecified atom stereocenters. The summed E-state index contributed by atoms with van der Waals surface area (Å²) < 4.78 is 5.88. The first kappa shape index (κ1) is 11.5. The highest BCUT2D eigenvalue weighted by atomic mass is 16.5. The summed E-state index contributed by atoms with van der Waals surface area (Å²) in [6, 6.07) is 21.5. The van der Waals surface area contributed by atoms with Crippen molar-refractivity contribution in [3.05, 3.63) is 71.8 Å². The van der Waals surface area contributed by atoms with Crippen molar-refractivity contribution in [1.29, 1.82) is 0 Å². The van der Waals surface area contributed by atoms with E-state index >= 15 is 0 Å². The molecule has 1 heterocycles. The maximum atomic E-state index is 5.88. The molecule has 0 saturated carbocycles. The second-order valence-corrected chi connectivity index (χ2v) is 4.97. The van der Waals surface area contributed by atoms with Crippen LogP contribution in [0.5, 0.6) is 0 Å². The van der Waals surface area contributed by atoms with Crippen molar-refractivity contribution in [2.45, 2.75) is 24.9 Å². The molecular weight excluding hydrogens is 220 g/mol. The fraction of sp³-hybridized carbons (Fsp3) is 0.294. The van der Waals surface area contributed by atoms with Crippen LogP contribution in [0.3, 0.4) is 0 Å². The van der Waals surface area contributed by atoms with E-state index in [0.717, 1.165) is 13.0 Å². The predicted molar refractivity (Wildman–Crippen MR) is 73.7 cm³/mol. The Kier molecular flexibility index (Phi) is 2.92. The molecule has 0 bridgehead atoms. The lowest BCUT2D eigenvalue weighted by molar-refractivity contribution is 0.103. The van der Waals surface area contributed by atoms with Crippen LogP contribution < -0.4 is 0 Å². The van der Waals surface area contributed by atoms with Gasteiger partial charge in [-0.05, 0) is 24.5 Å². The number of ether oxygens (including phenoxy) is 1. The Labute approximate surface area is 108 Å². The third-order valence-electron chi connectivity index (χ3n) is 4.14. The highest BCUT2D eigenvalue weighted by molar-refractivity contribution is 5.41. The molecule has 92 valence electrons. The largest absolute Gasteiger partial charge is 0.377 e. The van der Waals surface area contributed by atoms with Gasteiger partial charge in [-0.3, -0.25) is 0 Å². The third kappa shape index (κ3) is 1.67. The molecule has 0 N–H and O–H groups in total. The molecule has 0 aromatic heterocycles. The fourth-order valence-corrected chi connectivity index (χ4v) is 3.14. The summed E-state index contributed by atoms with van der Waals surface area (Å²) in [6.45, 7) is 3.03. The van der Waals surface area contributed by atoms with Crippen LogP contribution in [0.1, 0.15) is 24.5 Å². The first-order valence-electron chi connectivity index (χ1n) is 6.57. The predicted octanol–water partition coefficient (Wildman–Crippen LogP) is 3.78. The molecule has 1 aliphatic heterocycles. The van der Waals surface area contributed by atoms with E-state index in [1.54, 1.807) is 0 Å². The van der Waals surface area contributed by atoms with Gasteiger partial charge in [0.25, 0.3) is 0 Å². The Morgan fingerprint density at radius 1 is 0.889 bits per heavy atom. The van der Waals surface area contributed by atoms with Crippen LogP contribution >= 0.6 is 0 Å². The summed E-state index contributed by atoms with van der Waals surface area (Å²) >= 11 is 0. The lowest BCUT2D eigenvalue weighted by Gasteiger charge is -2.33. The van der Waals surface area contributed by atoms with Gasteiger partial charge >= 0.3 is 0 Å². The molecule has 0 amide bonds. The molecule has 0 spiro atoms. The molecule has 1 aliphatic rings. The molecule has 0 radical (unpaired) electrons. The topological polar surface area (TPSA) is 9.23 Å². The minimum Gasteiger partial charge on any atom is -0.377 e. The van der Waals surface area contributed by atoms with Gasteiger partial charge in [-0.1, -0.05) is 60.7 Å². The fourth-order valence-electron chi connectivity index (χ4n) is 3.14. The van der Waals surface area contributed by atoms with Gasteiger partial charge in [-0.2, -0.15) is 0 Å². The van der Waals surface area contributed by atoms with Crippen molar-refractivity contribution in [2.75, 3.05) is 6.61 Å². The van der Waals surface area contributed by atoms with Crippen molar-refractivity contribution in [2.24, 2.45) is 0 Å². The minimum absolute atomic E-state index is 0.0164. The van der Waals surface area contributed by atoms with E-state index in [-0.39, 0.29) is 11.5 Å². The van der Waals surface area contributed by atoms with Crippen molar-refractivity contribution < 1.29 is 4.74 Å². The standard InChI is InChI=1S/C17H18O/c1-14-17(12-13-18-14,15-8-4-2-5-9-15)16-10-6-3-7-11-16/h2-11,14H,12-13H2,1H3. The lowest BCUT2D eigenvalue weighted by atomic mass is 9.70. The first-order valence-corrected chi connectivity index (χ1v) is 6.57. The van der Waals surface area contributed by atoms with Crippen LogP contribution in [-0.2, 0) is 10.2 Å². The van der Waals surface area contributed by atoms with Crippen LogP contribution in [0.4, 0.5) is 0 Å². The quantitative estimate of drug-likeness (QED) is 0.773. The van der Waals surface area contributed by atoms with E-state index in [4.69, 9.17) is 4.74 Å². The third-order valence-corrected chi connectivity index (χ3v) is 4.14. The average molecular weight is 238 g/mol. The molecule has 2 aromatic carbocycles. The number of hydrogen-bond donors (Lipinski definition) is 0. The van der Waals surface area contributed by atoms with Gasteiger partial charge in [0.15, 0.2) is 0 Å². The average Bonchev–Trinajstić information content (AvgIpc) is 2.84. The molecule has 18 heavy (non-hydrogen) atoms. The van der Waals surface area contributed by atoms with Crippen molar-refractivity contribution in [3.8, 4) is 0 Å². The van der Waals surface area contributed by atoms with E-state index in [0.29, 0.717) is 0 Å². The van der Waals surface area contributed by atoms with Gasteiger partial charge in [0.2, 0.25) is 0 Å². The number of benzene rings is 2. The second kappa shape index (κ2) is 4.58. The summed E-state index contributed by atoms with van der Waals surface area (Å²) in [5.41, 5.74) is 2.74. The van der Waals surface area contributed by atoms with Crippen LogP contribution in [0, 0.1) is 0 Å². The van der Waals surface area contributed by atoms with Crippen molar-refractivity contribution in [3.63, 3.8) is 0 Å². The van der Waals surface area contributed by atoms with Gasteiger partial charge in [0.1, 0.15) is 0 Å². The molecule has 0 aliphatic carbocycles. The molecule has 2 aromatic rings. The zero-order valence-electron chi connectivity index (χ0n) is 10.7. The van der Waals surface area contributed by atoms with Crippen molar-refractivity contribution in [1.82, 2.24) is 0 Å². The zero-order chi connectivity index (χ0) is 12.4. The summed E-state index contributed by atoms with van der Waals surface area (Å²) in [4.78, 5) is 0. The summed E-state index contributed by atoms with van der Waals surface area (Å²) in [7, 11) is 0. The van der Waals surface area contributed by atoms with Crippen LogP contribution in [0.15, 0.2) is 60.7 Å². The van der Waals surface area contributed by atoms with E-state index in [1.807, 2.05) is 0 Å². The molecule has 3 rings (SSSR count). The first-order chi connectivity index (χ1) is 8.84. The zero-order valence-corrected chi connectivity index (χ0v) is 10.7. The van der Waals surface area contributed by atoms with Gasteiger partial charge in [-0.15, -0.1) is 0 Å². The SMILES string of the molecule is CC1OCCC1(c1ccccc1)c1ccccc1. The van der Waals surface area contributed by atoms with E-state index in [1.165, 1.54) is 11.1 Å². The lowest BCUT2D eigenvalue weighted by Crippen LogP contribution is -2.34. The molecule has 1 heteroatoms. The van der Waals surface area contributed by atoms with E-state index in [9.17, 15) is 0 Å². The number of hydrogen-bond acceptors (Lipinski definition) is 1. The Balaban J connectivity index is 2.17. The van der Waals surface area contributed by atoms with Gasteiger partial charge in [-0.25, -0.2) is 0 Å². The number of rotatable bonds is 2. The maximum absolute atomic E-state index is 5.88. The van der Waals surface area contributed by atoms with Gasteiger partial charge < -0.3 is 4.74 Å². The van der Waals surface area contributed by atoms with E-state index < -0.39 is 0 Å². The molecular formula is C17H18O. The summed E-state index contributed by atoms with van der Waals surface area (Å²) in [6.07, 6.45) is 1.28. The Hall–Kier alpha value is -1.60. The highest BCUT2D eigenvalue weighted by Gasteiger charge is 2.44. The highest BCUT2D eigenvalue weighted by Crippen LogP contribution is 2.43. The minimum atomic E-state index is 0.0164. The Morgan fingerprint density at radius 3 is 1.78 bits per heavy atom. The smallest absolute Gasteiger partial charge is 0.0685 e. The molecule has 1 fully saturated rings. The van der Waals surface area contributed by atoms with Crippen LogP contribution in [0.25, 0.3) is 0 Å². The molecule has 1 atom stereocenters. The van der Waals surface area contributed by atoms with Crippen LogP contribution in [-0.4, -0.2) is 12.7 Å². The van der Waals surface area contributed by atoms with Gasteiger partial charge in [0, 0.05) is 12.0 Å². The normalized spacial score (nSPS) is 21.9. The molecule has 1 nitrogen and oxygen atoms in total. The van der Waals surface area contributed by atoms with Crippen LogP contribution in [0.2, 0.25) is 0 Å². The molecule has 1 saturated heterocycles. The second-order valence-electron chi connectivity index (χ2n) is 4.97. The van der Waals surface area contributed by atoms with Gasteiger partial charge in [0.05, 0.1) is 6.10 Å². The maximum Gasteiger partial charge on any atom is 0.0685 e. The van der Waals surface area contributed by atoms with E-state index in [2.05, 4.69) is 67.6 Å². The van der Waals surface area contributed by atoms with Crippen molar-refractivity contribution >= 4 is 0 Å². The Bertz CT molecular complexity index is 464. The monoisotopic (exact) mass is 238 g/mol. The summed E-state index contributed by atoms with van der Waals surface area (Å²) in [5.74, 6) is 0.